The Morgan fingerprint density at radius 1 is 0.567 bits per heavy atom. The van der Waals surface area contributed by atoms with Gasteiger partial charge in [-0.1, -0.05) is 38.5 Å². The highest BCUT2D eigenvalue weighted by Gasteiger charge is 2.44. The van der Waals surface area contributed by atoms with E-state index in [1.807, 2.05) is 0 Å². The van der Waals surface area contributed by atoms with Crippen LogP contribution < -0.4 is 0 Å². The van der Waals surface area contributed by atoms with Crippen molar-refractivity contribution in [3.05, 3.63) is 0 Å². The Hall–Kier alpha value is 0.0500. The number of hydrogen-bond donors (Lipinski definition) is 0. The predicted molar refractivity (Wildman–Crippen MR) is 118 cm³/mol. The maximum atomic E-state index is 10.7. The zero-order valence-corrected chi connectivity index (χ0v) is 19.8. The van der Waals surface area contributed by atoms with Gasteiger partial charge in [0.25, 0.3) is 0 Å². The van der Waals surface area contributed by atoms with Crippen LogP contribution in [0.4, 0.5) is 13.2 Å². The van der Waals surface area contributed by atoms with Gasteiger partial charge in [-0.15, -0.1) is 0 Å². The van der Waals surface area contributed by atoms with Crippen LogP contribution in [0.1, 0.15) is 116 Å². The lowest BCUT2D eigenvalue weighted by Gasteiger charge is -2.30. The van der Waals surface area contributed by atoms with Crippen LogP contribution >= 0.6 is 0 Å². The van der Waals surface area contributed by atoms with E-state index in [9.17, 15) is 13.2 Å². The van der Waals surface area contributed by atoms with Gasteiger partial charge in [0.15, 0.2) is 10.1 Å². The van der Waals surface area contributed by atoms with Crippen LogP contribution in [0.15, 0.2) is 0 Å². The fourth-order valence-corrected chi connectivity index (χ4v) is 9.62. The summed E-state index contributed by atoms with van der Waals surface area (Å²) in [6.45, 7) is 0. The Balaban J connectivity index is 0.000000343. The highest BCUT2D eigenvalue weighted by Crippen LogP contribution is 2.39. The first-order valence-corrected chi connectivity index (χ1v) is 14.8. The maximum Gasteiger partial charge on any atom is 0.485 e. The molecule has 3 aliphatic rings. The van der Waals surface area contributed by atoms with Crippen LogP contribution in [-0.4, -0.2) is 34.2 Å². The van der Waals surface area contributed by atoms with E-state index >= 15 is 0 Å². The summed E-state index contributed by atoms with van der Waals surface area (Å²) in [6, 6.07) is 0. The topological polar surface area (TPSA) is 57.2 Å². The molecule has 178 valence electrons. The van der Waals surface area contributed by atoms with Gasteiger partial charge in [-0.25, -0.2) is 8.42 Å². The van der Waals surface area contributed by atoms with Crippen LogP contribution in [0.2, 0.25) is 0 Å². The van der Waals surface area contributed by atoms with Crippen molar-refractivity contribution in [2.45, 2.75) is 137 Å². The highest BCUT2D eigenvalue weighted by molar-refractivity contribution is 7.98. The van der Waals surface area contributed by atoms with Gasteiger partial charge < -0.3 is 4.55 Å². The normalized spacial score (nSPS) is 24.4. The minimum absolute atomic E-state index is 0.783. The van der Waals surface area contributed by atoms with Crippen LogP contribution in [0.3, 0.4) is 0 Å². The van der Waals surface area contributed by atoms with E-state index in [1.54, 1.807) is 77.0 Å². The largest absolute Gasteiger partial charge is 0.741 e. The fraction of sp³-hybridized carbons (Fsp3) is 1.00. The molecule has 3 nitrogen and oxygen atoms in total. The molecule has 0 radical (unpaired) electrons. The maximum absolute atomic E-state index is 10.7. The summed E-state index contributed by atoms with van der Waals surface area (Å²) in [5.41, 5.74) is -5.65. The third-order valence-corrected chi connectivity index (χ3v) is 11.1. The first-order valence-electron chi connectivity index (χ1n) is 11.9. The average Bonchev–Trinajstić information content (AvgIpc) is 3.18. The number of rotatable bonds is 3. The minimum Gasteiger partial charge on any atom is -0.741 e. The molecule has 0 amide bonds. The molecule has 3 fully saturated rings. The summed E-state index contributed by atoms with van der Waals surface area (Å²) in [4.78, 5) is 0. The lowest BCUT2D eigenvalue weighted by Crippen LogP contribution is -2.40. The molecule has 3 aliphatic carbocycles. The fourth-order valence-electron chi connectivity index (χ4n) is 5.36. The van der Waals surface area contributed by atoms with E-state index in [2.05, 4.69) is 0 Å². The molecular formula is C22H39F3O3S2. The monoisotopic (exact) mass is 472 g/mol. The summed E-state index contributed by atoms with van der Waals surface area (Å²) in [7, 11) is -5.31. The Bertz CT molecular complexity index is 509. The average molecular weight is 473 g/mol. The van der Waals surface area contributed by atoms with Crippen molar-refractivity contribution in [1.29, 1.82) is 0 Å². The smallest absolute Gasteiger partial charge is 0.485 e. The van der Waals surface area contributed by atoms with Crippen LogP contribution in [0.5, 0.6) is 0 Å². The summed E-state index contributed by atoms with van der Waals surface area (Å²) < 4.78 is 58.9. The second kappa shape index (κ2) is 12.9. The first kappa shape index (κ1) is 26.3. The lowest BCUT2D eigenvalue weighted by molar-refractivity contribution is -0.0517. The Morgan fingerprint density at radius 2 is 0.767 bits per heavy atom. The van der Waals surface area contributed by atoms with Gasteiger partial charge in [-0.3, -0.25) is 0 Å². The van der Waals surface area contributed by atoms with Crippen molar-refractivity contribution in [2.75, 3.05) is 0 Å². The molecule has 0 aromatic carbocycles. The third kappa shape index (κ3) is 8.89. The van der Waals surface area contributed by atoms with Crippen LogP contribution in [0.25, 0.3) is 0 Å². The van der Waals surface area contributed by atoms with Gasteiger partial charge >= 0.3 is 5.51 Å². The van der Waals surface area contributed by atoms with Crippen LogP contribution in [0, 0.1) is 0 Å². The number of hydrogen-bond acceptors (Lipinski definition) is 3. The zero-order chi connectivity index (χ0) is 22.0. The predicted octanol–water partition coefficient (Wildman–Crippen LogP) is 6.82. The van der Waals surface area contributed by atoms with Gasteiger partial charge in [-0.05, 0) is 87.9 Å². The van der Waals surface area contributed by atoms with Gasteiger partial charge in [0.1, 0.15) is 15.7 Å². The Kier molecular flexibility index (Phi) is 11.3. The van der Waals surface area contributed by atoms with Gasteiger partial charge in [0.05, 0.1) is 0 Å². The molecule has 0 aliphatic heterocycles. The SMILES string of the molecule is C1CCCC([S+](C2CCCCCC2)C2CCCCCC2)CC1.O=S(=O)([O-])C(F)(F)F. The number of halogens is 3. The molecule has 0 saturated heterocycles. The molecule has 0 bridgehead atoms. The van der Waals surface area contributed by atoms with E-state index in [0.29, 0.717) is 0 Å². The van der Waals surface area contributed by atoms with Crippen molar-refractivity contribution in [2.24, 2.45) is 0 Å². The summed E-state index contributed by atoms with van der Waals surface area (Å²) >= 11 is 0. The van der Waals surface area contributed by atoms with E-state index in [1.165, 1.54) is 38.5 Å². The van der Waals surface area contributed by atoms with Crippen molar-refractivity contribution < 1.29 is 26.1 Å². The van der Waals surface area contributed by atoms with Crippen LogP contribution in [-0.2, 0) is 21.0 Å². The molecule has 0 aromatic rings. The van der Waals surface area contributed by atoms with Crippen molar-refractivity contribution >= 4 is 21.0 Å². The quantitative estimate of drug-likeness (QED) is 0.196. The van der Waals surface area contributed by atoms with Crippen molar-refractivity contribution in [3.63, 3.8) is 0 Å². The third-order valence-electron chi connectivity index (χ3n) is 6.84. The second-order valence-corrected chi connectivity index (χ2v) is 13.3. The lowest BCUT2D eigenvalue weighted by atomic mass is 10.2. The standard InChI is InChI=1S/C21H39S.CHF3O3S/c1-2-8-14-19(13-7-1)22(20-15-9-3-4-10-16-20)21-17-11-5-6-12-18-21;2-1(3,4)8(5,6)7/h19-21H,1-18H2;(H,5,6,7)/q+1;/p-1. The van der Waals surface area contributed by atoms with Gasteiger partial charge in [0.2, 0.25) is 0 Å². The molecule has 0 unspecified atom stereocenters. The molecular weight excluding hydrogens is 433 g/mol. The van der Waals surface area contributed by atoms with Gasteiger partial charge in [-0.2, -0.15) is 13.2 Å². The van der Waals surface area contributed by atoms with E-state index in [0.717, 1.165) is 26.6 Å². The summed E-state index contributed by atoms with van der Waals surface area (Å²) in [6.07, 6.45) is 28.0. The van der Waals surface area contributed by atoms with Gasteiger partial charge in [0, 0.05) is 0 Å². The first-order chi connectivity index (χ1) is 14.2. The highest BCUT2D eigenvalue weighted by atomic mass is 32.2. The zero-order valence-electron chi connectivity index (χ0n) is 18.1. The molecule has 3 rings (SSSR count). The summed E-state index contributed by atoms with van der Waals surface area (Å²) in [5.74, 6) is 0. The Morgan fingerprint density at radius 3 is 0.933 bits per heavy atom. The van der Waals surface area contributed by atoms with E-state index in [4.69, 9.17) is 13.0 Å². The minimum atomic E-state index is -6.09. The van der Waals surface area contributed by atoms with Crippen molar-refractivity contribution in [3.8, 4) is 0 Å². The molecule has 0 heterocycles. The summed E-state index contributed by atoms with van der Waals surface area (Å²) in [5, 5.41) is 3.40. The van der Waals surface area contributed by atoms with E-state index in [-0.39, 0.29) is 0 Å². The molecule has 3 saturated carbocycles. The van der Waals surface area contributed by atoms with Crippen molar-refractivity contribution in [1.82, 2.24) is 0 Å². The number of alkyl halides is 3. The molecule has 0 atom stereocenters. The molecule has 0 N–H and O–H groups in total. The second-order valence-electron chi connectivity index (χ2n) is 9.15. The van der Waals surface area contributed by atoms with E-state index < -0.39 is 15.6 Å². The molecule has 8 heteroatoms. The molecule has 30 heavy (non-hydrogen) atoms. The molecule has 0 spiro atoms. The molecule has 0 aromatic heterocycles. The Labute approximate surface area is 184 Å².